The molecule has 0 bridgehead atoms. The van der Waals surface area contributed by atoms with Crippen LogP contribution in [-0.4, -0.2) is 26.4 Å². The lowest BCUT2D eigenvalue weighted by Crippen LogP contribution is -2.07. The number of unbranched alkanes of at least 4 members (excludes halogenated alkanes) is 8. The van der Waals surface area contributed by atoms with Gasteiger partial charge in [0, 0.05) is 0 Å². The quantitative estimate of drug-likeness (QED) is 0.117. The molecular weight excluding hydrogens is 422 g/mol. The van der Waals surface area contributed by atoms with Crippen molar-refractivity contribution in [1.82, 2.24) is 0 Å². The zero-order valence-electron chi connectivity index (χ0n) is 19.9. The average Bonchev–Trinajstić information content (AvgIpc) is 2.74. The van der Waals surface area contributed by atoms with Crippen molar-refractivity contribution >= 4 is 15.2 Å². The molecule has 0 aliphatic heterocycles. The minimum absolute atomic E-state index is 0.156. The molecule has 0 aliphatic rings. The molecule has 0 aliphatic carbocycles. The van der Waals surface area contributed by atoms with Gasteiger partial charge in [-0.2, -0.15) is 0 Å². The molecule has 0 atom stereocenters. The lowest BCUT2D eigenvalue weighted by Gasteiger charge is -2.26. The summed E-state index contributed by atoms with van der Waals surface area (Å²) in [6, 6.07) is 0. The van der Waals surface area contributed by atoms with E-state index >= 15 is 0 Å². The molecule has 0 rings (SSSR count). The van der Waals surface area contributed by atoms with Crippen LogP contribution >= 0.6 is 15.2 Å². The highest BCUT2D eigenvalue weighted by atomic mass is 31.2. The highest BCUT2D eigenvalue weighted by molar-refractivity contribution is 7.78. The third-order valence-electron chi connectivity index (χ3n) is 4.67. The van der Waals surface area contributed by atoms with E-state index in [-0.39, 0.29) is 31.5 Å². The van der Waals surface area contributed by atoms with Crippen LogP contribution in [-0.2, 0) is 27.2 Å². The second-order valence-electron chi connectivity index (χ2n) is 7.57. The monoisotopic (exact) mass is 468 g/mol. The van der Waals surface area contributed by atoms with Gasteiger partial charge < -0.3 is 18.1 Å². The van der Waals surface area contributed by atoms with Gasteiger partial charge in [0.1, 0.15) is 5.06 Å². The molecule has 0 heterocycles. The first-order valence-corrected chi connectivity index (χ1v) is 15.0. The number of hydrogen-bond acceptors (Lipinski definition) is 6. The average molecular weight is 469 g/mol. The molecule has 0 fully saturated rings. The Morgan fingerprint density at radius 2 is 0.767 bits per heavy atom. The summed E-state index contributed by atoms with van der Waals surface area (Å²) in [5, 5.41) is -0.156. The summed E-state index contributed by atoms with van der Waals surface area (Å²) in [7, 11) is -7.66. The summed E-state index contributed by atoms with van der Waals surface area (Å²) >= 11 is 0. The van der Waals surface area contributed by atoms with Crippen molar-refractivity contribution in [1.29, 1.82) is 0 Å². The van der Waals surface area contributed by atoms with E-state index in [9.17, 15) is 9.13 Å². The van der Waals surface area contributed by atoms with E-state index in [1.807, 2.05) is 0 Å². The first-order chi connectivity index (χ1) is 14.4. The summed E-state index contributed by atoms with van der Waals surface area (Å²) in [4.78, 5) is 0. The van der Waals surface area contributed by atoms with Crippen LogP contribution in [0.15, 0.2) is 11.6 Å². The van der Waals surface area contributed by atoms with E-state index in [1.54, 1.807) is 0 Å². The second kappa shape index (κ2) is 18.6. The van der Waals surface area contributed by atoms with Crippen molar-refractivity contribution in [2.45, 2.75) is 105 Å². The molecule has 6 nitrogen and oxygen atoms in total. The minimum atomic E-state index is -3.83. The van der Waals surface area contributed by atoms with Crippen LogP contribution in [0.1, 0.15) is 105 Å². The Morgan fingerprint density at radius 3 is 0.967 bits per heavy atom. The predicted octanol–water partition coefficient (Wildman–Crippen LogP) is 8.67. The predicted molar refractivity (Wildman–Crippen MR) is 126 cm³/mol. The molecule has 0 spiro atoms. The first-order valence-electron chi connectivity index (χ1n) is 11.9. The van der Waals surface area contributed by atoms with Crippen molar-refractivity contribution in [3.63, 3.8) is 0 Å². The van der Waals surface area contributed by atoms with Crippen LogP contribution in [0.2, 0.25) is 0 Å². The molecule has 0 saturated carbocycles. The van der Waals surface area contributed by atoms with Crippen LogP contribution in [0.5, 0.6) is 0 Å². The van der Waals surface area contributed by atoms with Gasteiger partial charge >= 0.3 is 15.2 Å². The summed E-state index contributed by atoms with van der Waals surface area (Å²) in [6.45, 7) is 13.3. The highest BCUT2D eigenvalue weighted by Crippen LogP contribution is 2.73. The standard InChI is InChI=1S/C22H46O6P2/c1-6-10-14-18-25-29(23,26-19-15-11-7-2)22(5)30(24,27-20-16-12-8-3)28-21-17-13-9-4/h5-21H2,1-4H3. The third kappa shape index (κ3) is 12.8. The maximum Gasteiger partial charge on any atom is 0.368 e. The zero-order valence-corrected chi connectivity index (χ0v) is 21.7. The van der Waals surface area contributed by atoms with Gasteiger partial charge in [0.2, 0.25) is 0 Å². The Morgan fingerprint density at radius 1 is 0.533 bits per heavy atom. The number of rotatable bonds is 22. The normalized spacial score (nSPS) is 12.4. The lowest BCUT2D eigenvalue weighted by molar-refractivity contribution is 0.192. The molecule has 0 N–H and O–H groups in total. The third-order valence-corrected chi connectivity index (χ3v) is 9.49. The van der Waals surface area contributed by atoms with Crippen molar-refractivity contribution in [3.8, 4) is 0 Å². The molecule has 0 unspecified atom stereocenters. The van der Waals surface area contributed by atoms with E-state index < -0.39 is 15.2 Å². The molecule has 0 amide bonds. The molecule has 0 aromatic carbocycles. The van der Waals surface area contributed by atoms with Gasteiger partial charge in [0.25, 0.3) is 0 Å². The summed E-state index contributed by atoms with van der Waals surface area (Å²) < 4.78 is 49.9. The molecule has 0 aromatic rings. The number of hydrogen-bond donors (Lipinski definition) is 0. The molecule has 0 saturated heterocycles. The van der Waals surface area contributed by atoms with Crippen molar-refractivity contribution in [2.24, 2.45) is 0 Å². The molecule has 0 radical (unpaired) electrons. The Labute approximate surface area is 185 Å². The maximum absolute atomic E-state index is 13.6. The topological polar surface area (TPSA) is 71.1 Å². The second-order valence-corrected chi connectivity index (χ2v) is 12.0. The van der Waals surface area contributed by atoms with E-state index in [1.165, 1.54) is 0 Å². The van der Waals surface area contributed by atoms with Gasteiger partial charge in [-0.15, -0.1) is 0 Å². The summed E-state index contributed by atoms with van der Waals surface area (Å²) in [5.41, 5.74) is 0. The Hall–Kier alpha value is 0.0400. The summed E-state index contributed by atoms with van der Waals surface area (Å²) in [5.74, 6) is 0. The molecular formula is C22H46O6P2. The maximum atomic E-state index is 13.6. The largest absolute Gasteiger partial charge is 0.368 e. The van der Waals surface area contributed by atoms with Gasteiger partial charge in [-0.25, -0.2) is 0 Å². The molecule has 8 heteroatoms. The van der Waals surface area contributed by atoms with E-state index in [0.29, 0.717) is 0 Å². The van der Waals surface area contributed by atoms with Gasteiger partial charge in [-0.3, -0.25) is 9.13 Å². The fourth-order valence-electron chi connectivity index (χ4n) is 2.67. The highest BCUT2D eigenvalue weighted by Gasteiger charge is 2.44. The van der Waals surface area contributed by atoms with E-state index in [4.69, 9.17) is 18.1 Å². The van der Waals surface area contributed by atoms with Crippen LogP contribution in [0.4, 0.5) is 0 Å². The lowest BCUT2D eigenvalue weighted by atomic mass is 10.3. The van der Waals surface area contributed by atoms with Crippen LogP contribution in [0.25, 0.3) is 0 Å². The zero-order chi connectivity index (χ0) is 22.7. The Balaban J connectivity index is 5.33. The minimum Gasteiger partial charge on any atom is -0.305 e. The van der Waals surface area contributed by atoms with E-state index in [0.717, 1.165) is 77.0 Å². The fraction of sp³-hybridized carbons (Fsp3) is 0.909. The molecule has 180 valence electrons. The van der Waals surface area contributed by atoms with Gasteiger partial charge in [-0.1, -0.05) is 85.6 Å². The van der Waals surface area contributed by atoms with Crippen molar-refractivity contribution in [2.75, 3.05) is 26.4 Å². The van der Waals surface area contributed by atoms with Gasteiger partial charge in [0.15, 0.2) is 0 Å². The van der Waals surface area contributed by atoms with Gasteiger partial charge in [0.05, 0.1) is 26.4 Å². The smallest absolute Gasteiger partial charge is 0.305 e. The summed E-state index contributed by atoms with van der Waals surface area (Å²) in [6.07, 6.45) is 10.9. The Kier molecular flexibility index (Phi) is 18.6. The van der Waals surface area contributed by atoms with Crippen molar-refractivity contribution < 1.29 is 27.2 Å². The van der Waals surface area contributed by atoms with Crippen LogP contribution in [0.3, 0.4) is 0 Å². The molecule has 30 heavy (non-hydrogen) atoms. The van der Waals surface area contributed by atoms with Crippen LogP contribution < -0.4 is 0 Å². The first kappa shape index (κ1) is 30.0. The SMILES string of the molecule is C=C(P(=O)(OCCCCC)OCCCCC)P(=O)(OCCCCC)OCCCCC. The molecule has 0 aromatic heterocycles. The van der Waals surface area contributed by atoms with Gasteiger partial charge in [-0.05, 0) is 25.7 Å². The van der Waals surface area contributed by atoms with Crippen LogP contribution in [0, 0.1) is 0 Å². The fourth-order valence-corrected chi connectivity index (χ4v) is 6.79. The van der Waals surface area contributed by atoms with E-state index in [2.05, 4.69) is 34.3 Å². The Bertz CT molecular complexity index is 448. The van der Waals surface area contributed by atoms with Crippen molar-refractivity contribution in [3.05, 3.63) is 11.6 Å².